The molecule has 2 aromatic rings. The quantitative estimate of drug-likeness (QED) is 0.806. The van der Waals surface area contributed by atoms with Crippen LogP contribution in [-0.2, 0) is 17.8 Å². The SMILES string of the molecule is COc1ccc(C)cc1CC(=O)N(Cc1cccc(F)c1)C1CC1. The molecule has 0 aromatic heterocycles. The molecule has 126 valence electrons. The van der Waals surface area contributed by atoms with Gasteiger partial charge in [0.2, 0.25) is 5.91 Å². The molecule has 0 unspecified atom stereocenters. The fraction of sp³-hybridized carbons (Fsp3) is 0.350. The molecule has 1 aliphatic carbocycles. The second-order valence-electron chi connectivity index (χ2n) is 6.37. The molecule has 2 aromatic carbocycles. The van der Waals surface area contributed by atoms with Crippen LogP contribution >= 0.6 is 0 Å². The van der Waals surface area contributed by atoms with E-state index in [1.54, 1.807) is 13.2 Å². The van der Waals surface area contributed by atoms with E-state index in [0.717, 1.165) is 35.3 Å². The van der Waals surface area contributed by atoms with E-state index in [9.17, 15) is 9.18 Å². The number of carbonyl (C=O) groups is 1. The zero-order valence-electron chi connectivity index (χ0n) is 14.1. The molecule has 1 saturated carbocycles. The molecular formula is C20H22FNO2. The zero-order chi connectivity index (χ0) is 17.1. The highest BCUT2D eigenvalue weighted by molar-refractivity contribution is 5.80. The summed E-state index contributed by atoms with van der Waals surface area (Å²) in [5.41, 5.74) is 2.82. The predicted octanol–water partition coefficient (Wildman–Crippen LogP) is 3.88. The third-order valence-corrected chi connectivity index (χ3v) is 4.33. The maximum Gasteiger partial charge on any atom is 0.227 e. The van der Waals surface area contributed by atoms with Crippen molar-refractivity contribution in [2.24, 2.45) is 0 Å². The Kier molecular flexibility index (Phi) is 4.84. The first-order chi connectivity index (χ1) is 11.6. The van der Waals surface area contributed by atoms with Gasteiger partial charge in [0.15, 0.2) is 0 Å². The van der Waals surface area contributed by atoms with Gasteiger partial charge in [0.1, 0.15) is 11.6 Å². The number of hydrogen-bond acceptors (Lipinski definition) is 2. The van der Waals surface area contributed by atoms with Crippen LogP contribution in [0.4, 0.5) is 4.39 Å². The highest BCUT2D eigenvalue weighted by Crippen LogP contribution is 2.30. The fourth-order valence-corrected chi connectivity index (χ4v) is 2.95. The second kappa shape index (κ2) is 7.04. The molecule has 0 spiro atoms. The number of halogens is 1. The Morgan fingerprint density at radius 1 is 1.25 bits per heavy atom. The van der Waals surface area contributed by atoms with E-state index in [-0.39, 0.29) is 17.8 Å². The van der Waals surface area contributed by atoms with Crippen molar-refractivity contribution in [1.82, 2.24) is 4.90 Å². The van der Waals surface area contributed by atoms with Gasteiger partial charge in [-0.3, -0.25) is 4.79 Å². The lowest BCUT2D eigenvalue weighted by Crippen LogP contribution is -2.34. The van der Waals surface area contributed by atoms with Gasteiger partial charge in [0.05, 0.1) is 13.5 Å². The molecule has 0 heterocycles. The number of rotatable bonds is 6. The third kappa shape index (κ3) is 3.94. The van der Waals surface area contributed by atoms with Gasteiger partial charge in [-0.25, -0.2) is 4.39 Å². The van der Waals surface area contributed by atoms with Crippen molar-refractivity contribution in [3.63, 3.8) is 0 Å². The molecule has 1 fully saturated rings. The van der Waals surface area contributed by atoms with Crippen LogP contribution in [0.5, 0.6) is 5.75 Å². The van der Waals surface area contributed by atoms with E-state index < -0.39 is 0 Å². The lowest BCUT2D eigenvalue weighted by Gasteiger charge is -2.23. The van der Waals surface area contributed by atoms with Gasteiger partial charge >= 0.3 is 0 Å². The molecule has 4 heteroatoms. The maximum atomic E-state index is 13.4. The summed E-state index contributed by atoms with van der Waals surface area (Å²) in [6.07, 6.45) is 2.34. The van der Waals surface area contributed by atoms with Gasteiger partial charge in [-0.05, 0) is 43.5 Å². The number of carbonyl (C=O) groups excluding carboxylic acids is 1. The second-order valence-corrected chi connectivity index (χ2v) is 6.37. The van der Waals surface area contributed by atoms with Crippen molar-refractivity contribution >= 4 is 5.91 Å². The lowest BCUT2D eigenvalue weighted by molar-refractivity contribution is -0.131. The van der Waals surface area contributed by atoms with Crippen LogP contribution in [0.25, 0.3) is 0 Å². The van der Waals surface area contributed by atoms with Crippen LogP contribution in [-0.4, -0.2) is 24.0 Å². The van der Waals surface area contributed by atoms with Crippen molar-refractivity contribution in [3.8, 4) is 5.75 Å². The number of amides is 1. The summed E-state index contributed by atoms with van der Waals surface area (Å²) in [7, 11) is 1.62. The highest BCUT2D eigenvalue weighted by atomic mass is 19.1. The minimum absolute atomic E-state index is 0.0608. The Morgan fingerprint density at radius 3 is 2.71 bits per heavy atom. The Bertz CT molecular complexity index is 740. The van der Waals surface area contributed by atoms with Crippen molar-refractivity contribution in [1.29, 1.82) is 0 Å². The van der Waals surface area contributed by atoms with Crippen LogP contribution in [0, 0.1) is 12.7 Å². The lowest BCUT2D eigenvalue weighted by atomic mass is 10.1. The summed E-state index contributed by atoms with van der Waals surface area (Å²) in [6, 6.07) is 12.6. The van der Waals surface area contributed by atoms with Gasteiger partial charge in [-0.15, -0.1) is 0 Å². The number of aryl methyl sites for hydroxylation is 1. The van der Waals surface area contributed by atoms with Crippen molar-refractivity contribution < 1.29 is 13.9 Å². The summed E-state index contributed by atoms with van der Waals surface area (Å²) < 4.78 is 18.8. The van der Waals surface area contributed by atoms with Gasteiger partial charge in [-0.1, -0.05) is 29.8 Å². The van der Waals surface area contributed by atoms with Gasteiger partial charge in [-0.2, -0.15) is 0 Å². The Hall–Kier alpha value is -2.36. The number of ether oxygens (including phenoxy) is 1. The van der Waals surface area contributed by atoms with Crippen LogP contribution < -0.4 is 4.74 Å². The summed E-state index contributed by atoms with van der Waals surface area (Å²) in [5, 5.41) is 0. The van der Waals surface area contributed by atoms with Crippen LogP contribution in [0.2, 0.25) is 0 Å². The smallest absolute Gasteiger partial charge is 0.227 e. The van der Waals surface area contributed by atoms with Gasteiger partial charge < -0.3 is 9.64 Å². The topological polar surface area (TPSA) is 29.5 Å². The predicted molar refractivity (Wildman–Crippen MR) is 91.4 cm³/mol. The standard InChI is InChI=1S/C20H22FNO2/c1-14-6-9-19(24-2)16(10-14)12-20(23)22(18-7-8-18)13-15-4-3-5-17(21)11-15/h3-6,9-11,18H,7-8,12-13H2,1-2H3. The first-order valence-corrected chi connectivity index (χ1v) is 8.24. The van der Waals surface area contributed by atoms with E-state index in [1.807, 2.05) is 36.1 Å². The van der Waals surface area contributed by atoms with Gasteiger partial charge in [0.25, 0.3) is 0 Å². The molecule has 1 amide bonds. The van der Waals surface area contributed by atoms with E-state index in [2.05, 4.69) is 0 Å². The van der Waals surface area contributed by atoms with Crippen molar-refractivity contribution in [2.75, 3.05) is 7.11 Å². The van der Waals surface area contributed by atoms with E-state index in [0.29, 0.717) is 13.0 Å². The van der Waals surface area contributed by atoms with Gasteiger partial charge in [0, 0.05) is 18.2 Å². The monoisotopic (exact) mass is 327 g/mol. The molecule has 1 aliphatic rings. The zero-order valence-corrected chi connectivity index (χ0v) is 14.1. The molecule has 0 radical (unpaired) electrons. The summed E-state index contributed by atoms with van der Waals surface area (Å²) >= 11 is 0. The Labute approximate surface area is 142 Å². The summed E-state index contributed by atoms with van der Waals surface area (Å²) in [6.45, 7) is 2.45. The molecule has 0 N–H and O–H groups in total. The first kappa shape index (κ1) is 16.5. The maximum absolute atomic E-state index is 13.4. The fourth-order valence-electron chi connectivity index (χ4n) is 2.95. The van der Waals surface area contributed by atoms with Crippen LogP contribution in [0.1, 0.15) is 29.5 Å². The van der Waals surface area contributed by atoms with E-state index in [1.165, 1.54) is 12.1 Å². The number of benzene rings is 2. The molecule has 0 saturated heterocycles. The first-order valence-electron chi connectivity index (χ1n) is 8.24. The molecule has 24 heavy (non-hydrogen) atoms. The average molecular weight is 327 g/mol. The molecular weight excluding hydrogens is 305 g/mol. The molecule has 0 atom stereocenters. The molecule has 0 bridgehead atoms. The highest BCUT2D eigenvalue weighted by Gasteiger charge is 2.32. The normalized spacial score (nSPS) is 13.6. The Balaban J connectivity index is 1.77. The molecule has 3 nitrogen and oxygen atoms in total. The third-order valence-electron chi connectivity index (χ3n) is 4.33. The van der Waals surface area contributed by atoms with Crippen molar-refractivity contribution in [3.05, 3.63) is 65.0 Å². The van der Waals surface area contributed by atoms with E-state index in [4.69, 9.17) is 4.74 Å². The van der Waals surface area contributed by atoms with E-state index >= 15 is 0 Å². The molecule has 0 aliphatic heterocycles. The minimum atomic E-state index is -0.268. The number of methoxy groups -OCH3 is 1. The molecule has 3 rings (SSSR count). The number of hydrogen-bond donors (Lipinski definition) is 0. The van der Waals surface area contributed by atoms with Crippen LogP contribution in [0.15, 0.2) is 42.5 Å². The number of nitrogens with zero attached hydrogens (tertiary/aromatic N) is 1. The van der Waals surface area contributed by atoms with Crippen molar-refractivity contribution in [2.45, 2.75) is 38.8 Å². The van der Waals surface area contributed by atoms with Crippen LogP contribution in [0.3, 0.4) is 0 Å². The minimum Gasteiger partial charge on any atom is -0.496 e. The average Bonchev–Trinajstić information content (AvgIpc) is 3.37. The Morgan fingerprint density at radius 2 is 2.04 bits per heavy atom. The summed E-state index contributed by atoms with van der Waals surface area (Å²) in [4.78, 5) is 14.7. The largest absolute Gasteiger partial charge is 0.496 e. The summed E-state index contributed by atoms with van der Waals surface area (Å²) in [5.74, 6) is 0.525.